The zero-order valence-electron chi connectivity index (χ0n) is 11.7. The van der Waals surface area contributed by atoms with Gasteiger partial charge in [0, 0.05) is 18.5 Å². The SMILES string of the molecule is O=C(NC1CC1)C1=NO[C@@H]2CN(C(=O)C3CC(O)C3)C[C@H]12. The maximum atomic E-state index is 12.3. The van der Waals surface area contributed by atoms with Gasteiger partial charge in [-0.2, -0.15) is 0 Å². The number of hydrogen-bond donors (Lipinski definition) is 2. The molecule has 0 radical (unpaired) electrons. The third-order valence-electron chi connectivity index (χ3n) is 4.82. The van der Waals surface area contributed by atoms with Crippen molar-refractivity contribution in [1.82, 2.24) is 10.2 Å². The molecule has 2 aliphatic carbocycles. The maximum absolute atomic E-state index is 12.3. The summed E-state index contributed by atoms with van der Waals surface area (Å²) in [6, 6.07) is 0.287. The summed E-state index contributed by atoms with van der Waals surface area (Å²) in [6.07, 6.45) is 2.63. The van der Waals surface area contributed by atoms with Crippen LogP contribution in [-0.4, -0.2) is 58.9 Å². The molecule has 2 N–H and O–H groups in total. The zero-order chi connectivity index (χ0) is 14.6. The average molecular weight is 293 g/mol. The number of aliphatic hydroxyl groups excluding tert-OH is 1. The van der Waals surface area contributed by atoms with Crippen molar-refractivity contribution in [2.45, 2.75) is 43.9 Å². The molecule has 2 aliphatic heterocycles. The van der Waals surface area contributed by atoms with Gasteiger partial charge in [-0.05, 0) is 25.7 Å². The molecule has 7 nitrogen and oxygen atoms in total. The number of rotatable bonds is 3. The summed E-state index contributed by atoms with van der Waals surface area (Å²) in [6.45, 7) is 0.979. The van der Waals surface area contributed by atoms with Crippen LogP contribution >= 0.6 is 0 Å². The summed E-state index contributed by atoms with van der Waals surface area (Å²) in [5.41, 5.74) is 0.427. The van der Waals surface area contributed by atoms with Crippen molar-refractivity contribution in [2.75, 3.05) is 13.1 Å². The van der Waals surface area contributed by atoms with E-state index in [1.54, 1.807) is 4.90 Å². The highest BCUT2D eigenvalue weighted by molar-refractivity contribution is 6.40. The van der Waals surface area contributed by atoms with Gasteiger partial charge >= 0.3 is 0 Å². The van der Waals surface area contributed by atoms with E-state index in [9.17, 15) is 14.7 Å². The average Bonchev–Trinajstić information content (AvgIpc) is 2.99. The van der Waals surface area contributed by atoms with Crippen molar-refractivity contribution in [2.24, 2.45) is 17.0 Å². The normalized spacial score (nSPS) is 37.4. The minimum absolute atomic E-state index is 0.0697. The van der Waals surface area contributed by atoms with E-state index in [1.807, 2.05) is 0 Å². The number of nitrogens with one attached hydrogen (secondary N) is 1. The fraction of sp³-hybridized carbons (Fsp3) is 0.786. The quantitative estimate of drug-likeness (QED) is 0.716. The maximum Gasteiger partial charge on any atom is 0.269 e. The van der Waals surface area contributed by atoms with E-state index in [-0.39, 0.29) is 41.9 Å². The van der Waals surface area contributed by atoms with Crippen molar-refractivity contribution < 1.29 is 19.5 Å². The standard InChI is InChI=1S/C14H19N3O4/c18-9-3-7(4-9)14(20)17-5-10-11(6-17)21-16-12(10)13(19)15-8-1-2-8/h7-11,18H,1-6H2,(H,15,19)/t7?,9?,10-,11+/m0/s1. The van der Waals surface area contributed by atoms with Gasteiger partial charge in [-0.1, -0.05) is 5.16 Å². The van der Waals surface area contributed by atoms with Gasteiger partial charge < -0.3 is 20.2 Å². The first-order valence-corrected chi connectivity index (χ1v) is 7.63. The molecule has 114 valence electrons. The molecule has 4 aliphatic rings. The Hall–Kier alpha value is -1.63. The summed E-state index contributed by atoms with van der Waals surface area (Å²) in [5, 5.41) is 16.1. The van der Waals surface area contributed by atoms with Crippen molar-refractivity contribution >= 4 is 17.5 Å². The number of amides is 2. The predicted molar refractivity (Wildman–Crippen MR) is 72.3 cm³/mol. The number of nitrogens with zero attached hydrogens (tertiary/aromatic N) is 2. The van der Waals surface area contributed by atoms with E-state index in [0.717, 1.165) is 12.8 Å². The summed E-state index contributed by atoms with van der Waals surface area (Å²) in [5.74, 6) is -0.268. The molecule has 3 fully saturated rings. The van der Waals surface area contributed by atoms with Gasteiger partial charge in [-0.15, -0.1) is 0 Å². The molecule has 1 saturated heterocycles. The molecule has 2 amide bonds. The topological polar surface area (TPSA) is 91.2 Å². The third kappa shape index (κ3) is 2.29. The van der Waals surface area contributed by atoms with Gasteiger partial charge in [0.1, 0.15) is 0 Å². The lowest BCUT2D eigenvalue weighted by atomic mass is 9.81. The smallest absolute Gasteiger partial charge is 0.269 e. The van der Waals surface area contributed by atoms with Crippen LogP contribution in [0.15, 0.2) is 5.16 Å². The molecule has 2 saturated carbocycles. The van der Waals surface area contributed by atoms with Crippen LogP contribution in [0.25, 0.3) is 0 Å². The molecular formula is C14H19N3O4. The van der Waals surface area contributed by atoms with Crippen molar-refractivity contribution in [1.29, 1.82) is 0 Å². The second-order valence-corrected chi connectivity index (χ2v) is 6.54. The first-order valence-electron chi connectivity index (χ1n) is 7.63. The molecule has 0 aromatic rings. The first kappa shape index (κ1) is 13.1. The Balaban J connectivity index is 1.38. The molecule has 21 heavy (non-hydrogen) atoms. The second-order valence-electron chi connectivity index (χ2n) is 6.54. The molecule has 0 spiro atoms. The van der Waals surface area contributed by atoms with Crippen LogP contribution in [0.1, 0.15) is 25.7 Å². The van der Waals surface area contributed by atoms with Crippen molar-refractivity contribution in [3.63, 3.8) is 0 Å². The number of oxime groups is 1. The Morgan fingerprint density at radius 1 is 1.29 bits per heavy atom. The summed E-state index contributed by atoms with van der Waals surface area (Å²) in [7, 11) is 0. The molecule has 2 atom stereocenters. The molecule has 0 aromatic heterocycles. The van der Waals surface area contributed by atoms with Crippen molar-refractivity contribution in [3.8, 4) is 0 Å². The fourth-order valence-corrected chi connectivity index (χ4v) is 3.26. The van der Waals surface area contributed by atoms with E-state index < -0.39 is 0 Å². The van der Waals surface area contributed by atoms with E-state index in [4.69, 9.17) is 4.84 Å². The lowest BCUT2D eigenvalue weighted by Gasteiger charge is -2.33. The summed E-state index contributed by atoms with van der Waals surface area (Å²) >= 11 is 0. The van der Waals surface area contributed by atoms with Gasteiger partial charge in [0.15, 0.2) is 11.8 Å². The highest BCUT2D eigenvalue weighted by atomic mass is 16.6. The van der Waals surface area contributed by atoms with E-state index in [2.05, 4.69) is 10.5 Å². The highest BCUT2D eigenvalue weighted by Gasteiger charge is 2.48. The van der Waals surface area contributed by atoms with Crippen LogP contribution in [0.5, 0.6) is 0 Å². The zero-order valence-corrected chi connectivity index (χ0v) is 11.7. The van der Waals surface area contributed by atoms with E-state index in [0.29, 0.717) is 31.6 Å². The number of aliphatic hydroxyl groups is 1. The van der Waals surface area contributed by atoms with E-state index >= 15 is 0 Å². The second kappa shape index (κ2) is 4.69. The fourth-order valence-electron chi connectivity index (χ4n) is 3.26. The molecular weight excluding hydrogens is 274 g/mol. The Kier molecular flexibility index (Phi) is 2.92. The van der Waals surface area contributed by atoms with Crippen LogP contribution in [0.2, 0.25) is 0 Å². The first-order chi connectivity index (χ1) is 10.1. The Morgan fingerprint density at radius 3 is 2.71 bits per heavy atom. The van der Waals surface area contributed by atoms with Gasteiger partial charge in [-0.3, -0.25) is 9.59 Å². The molecule has 0 unspecified atom stereocenters. The molecule has 0 bridgehead atoms. The summed E-state index contributed by atoms with van der Waals surface area (Å²) in [4.78, 5) is 31.5. The molecule has 2 heterocycles. The predicted octanol–water partition coefficient (Wildman–Crippen LogP) is -0.751. The number of carbonyl (C=O) groups excluding carboxylic acids is 2. The minimum Gasteiger partial charge on any atom is -0.393 e. The van der Waals surface area contributed by atoms with Gasteiger partial charge in [0.2, 0.25) is 5.91 Å². The molecule has 7 heteroatoms. The Bertz CT molecular complexity index is 510. The monoisotopic (exact) mass is 293 g/mol. The van der Waals surface area contributed by atoms with Gasteiger partial charge in [0.05, 0.1) is 18.6 Å². The minimum atomic E-state index is -0.334. The molecule has 4 rings (SSSR count). The lowest BCUT2D eigenvalue weighted by Crippen LogP contribution is -2.43. The van der Waals surface area contributed by atoms with Crippen LogP contribution in [0.4, 0.5) is 0 Å². The Morgan fingerprint density at radius 2 is 2.05 bits per heavy atom. The lowest BCUT2D eigenvalue weighted by molar-refractivity contribution is -0.141. The highest BCUT2D eigenvalue weighted by Crippen LogP contribution is 2.33. The van der Waals surface area contributed by atoms with Gasteiger partial charge in [-0.25, -0.2) is 0 Å². The van der Waals surface area contributed by atoms with Crippen LogP contribution in [0.3, 0.4) is 0 Å². The van der Waals surface area contributed by atoms with Gasteiger partial charge in [0.25, 0.3) is 5.91 Å². The number of fused-ring (bicyclic) bond motifs is 1. The number of hydrogen-bond acceptors (Lipinski definition) is 5. The van der Waals surface area contributed by atoms with Crippen LogP contribution in [-0.2, 0) is 14.4 Å². The van der Waals surface area contributed by atoms with Crippen LogP contribution < -0.4 is 5.32 Å². The number of carbonyl (C=O) groups is 2. The number of likely N-dealkylation sites (tertiary alicyclic amines) is 1. The Labute approximate surface area is 122 Å². The van der Waals surface area contributed by atoms with Crippen LogP contribution in [0, 0.1) is 11.8 Å². The largest absolute Gasteiger partial charge is 0.393 e. The van der Waals surface area contributed by atoms with E-state index in [1.165, 1.54) is 0 Å². The third-order valence-corrected chi connectivity index (χ3v) is 4.82. The molecule has 0 aromatic carbocycles. The summed E-state index contributed by atoms with van der Waals surface area (Å²) < 4.78 is 0. The van der Waals surface area contributed by atoms with Crippen molar-refractivity contribution in [3.05, 3.63) is 0 Å².